The molecule has 2 rings (SSSR count). The van der Waals surface area contributed by atoms with E-state index in [9.17, 15) is 13.5 Å². The number of hydrogen-bond donors (Lipinski definition) is 1. The van der Waals surface area contributed by atoms with Crippen LogP contribution < -0.4 is 0 Å². The van der Waals surface area contributed by atoms with Crippen LogP contribution in [-0.4, -0.2) is 53.4 Å². The van der Waals surface area contributed by atoms with Crippen molar-refractivity contribution >= 4 is 10.2 Å². The third-order valence-electron chi connectivity index (χ3n) is 3.85. The third kappa shape index (κ3) is 4.00. The van der Waals surface area contributed by atoms with Crippen LogP contribution in [0.1, 0.15) is 25.3 Å². The molecule has 1 aromatic heterocycles. The molecule has 2 heterocycles. The largest absolute Gasteiger partial charge is 0.396 e. The predicted molar refractivity (Wildman–Crippen MR) is 80.6 cm³/mol. The number of aliphatic hydroxyl groups is 1. The van der Waals surface area contributed by atoms with Gasteiger partial charge in [0.15, 0.2) is 0 Å². The maximum absolute atomic E-state index is 12.7. The number of aliphatic hydroxyl groups excluding tert-OH is 1. The zero-order valence-corrected chi connectivity index (χ0v) is 13.2. The summed E-state index contributed by atoms with van der Waals surface area (Å²) in [6.07, 6.45) is 5.02. The molecular weight excluding hydrogens is 290 g/mol. The number of rotatable bonds is 6. The minimum atomic E-state index is -3.48. The van der Waals surface area contributed by atoms with Crippen LogP contribution in [0.3, 0.4) is 0 Å². The highest BCUT2D eigenvalue weighted by Crippen LogP contribution is 2.21. The van der Waals surface area contributed by atoms with Gasteiger partial charge < -0.3 is 5.11 Å². The van der Waals surface area contributed by atoms with Gasteiger partial charge in [-0.3, -0.25) is 4.98 Å². The number of piperidine rings is 1. The van der Waals surface area contributed by atoms with E-state index in [0.717, 1.165) is 18.4 Å². The van der Waals surface area contributed by atoms with Crippen LogP contribution in [0, 0.1) is 5.92 Å². The van der Waals surface area contributed by atoms with Crippen LogP contribution in [0.15, 0.2) is 24.5 Å². The summed E-state index contributed by atoms with van der Waals surface area (Å²) in [5, 5.41) is 9.26. The van der Waals surface area contributed by atoms with E-state index in [0.29, 0.717) is 26.2 Å². The van der Waals surface area contributed by atoms with Gasteiger partial charge in [0.2, 0.25) is 0 Å². The van der Waals surface area contributed by atoms with Gasteiger partial charge in [0.25, 0.3) is 10.2 Å². The van der Waals surface area contributed by atoms with Crippen LogP contribution in [-0.2, 0) is 16.8 Å². The first-order valence-electron chi connectivity index (χ1n) is 7.33. The van der Waals surface area contributed by atoms with E-state index < -0.39 is 10.2 Å². The van der Waals surface area contributed by atoms with E-state index in [1.54, 1.807) is 12.4 Å². The Morgan fingerprint density at radius 3 is 2.76 bits per heavy atom. The Morgan fingerprint density at radius 2 is 2.14 bits per heavy atom. The first-order chi connectivity index (χ1) is 10.1. The maximum atomic E-state index is 12.7. The van der Waals surface area contributed by atoms with Crippen molar-refractivity contribution in [1.82, 2.24) is 13.6 Å². The molecule has 1 aliphatic heterocycles. The van der Waals surface area contributed by atoms with E-state index in [2.05, 4.69) is 4.98 Å². The molecule has 0 saturated carbocycles. The van der Waals surface area contributed by atoms with Crippen molar-refractivity contribution in [3.8, 4) is 0 Å². The van der Waals surface area contributed by atoms with Crippen molar-refractivity contribution < 1.29 is 13.5 Å². The Bertz CT molecular complexity index is 536. The van der Waals surface area contributed by atoms with Crippen molar-refractivity contribution in [3.63, 3.8) is 0 Å². The summed E-state index contributed by atoms with van der Waals surface area (Å²) in [4.78, 5) is 3.95. The molecule has 0 radical (unpaired) electrons. The van der Waals surface area contributed by atoms with Gasteiger partial charge in [0, 0.05) is 45.2 Å². The van der Waals surface area contributed by atoms with E-state index in [4.69, 9.17) is 0 Å². The predicted octanol–water partition coefficient (Wildman–Crippen LogP) is 0.853. The van der Waals surface area contributed by atoms with Crippen LogP contribution in [0.5, 0.6) is 0 Å². The van der Waals surface area contributed by atoms with Crippen molar-refractivity contribution in [3.05, 3.63) is 30.1 Å². The second-order valence-electron chi connectivity index (χ2n) is 5.34. The van der Waals surface area contributed by atoms with Crippen molar-refractivity contribution in [1.29, 1.82) is 0 Å². The van der Waals surface area contributed by atoms with Gasteiger partial charge in [-0.15, -0.1) is 0 Å². The molecule has 0 aromatic carbocycles. The number of hydrogen-bond acceptors (Lipinski definition) is 4. The Kier molecular flexibility index (Phi) is 5.69. The topological polar surface area (TPSA) is 73.7 Å². The monoisotopic (exact) mass is 313 g/mol. The molecule has 21 heavy (non-hydrogen) atoms. The van der Waals surface area contributed by atoms with E-state index in [1.807, 2.05) is 19.1 Å². The molecule has 1 atom stereocenters. The van der Waals surface area contributed by atoms with Gasteiger partial charge in [0.1, 0.15) is 0 Å². The summed E-state index contributed by atoms with van der Waals surface area (Å²) in [5.41, 5.74) is 0.922. The Balaban J connectivity index is 2.12. The molecule has 1 aromatic rings. The van der Waals surface area contributed by atoms with Crippen LogP contribution >= 0.6 is 0 Å². The zero-order chi connectivity index (χ0) is 15.3. The molecule has 1 saturated heterocycles. The third-order valence-corrected chi connectivity index (χ3v) is 5.88. The molecule has 6 nitrogen and oxygen atoms in total. The van der Waals surface area contributed by atoms with Crippen LogP contribution in [0.25, 0.3) is 0 Å². The molecule has 1 fully saturated rings. The van der Waals surface area contributed by atoms with Gasteiger partial charge in [-0.05, 0) is 36.5 Å². The molecule has 1 N–H and O–H groups in total. The lowest BCUT2D eigenvalue weighted by molar-refractivity contribution is 0.160. The fourth-order valence-electron chi connectivity index (χ4n) is 2.60. The first-order valence-corrected chi connectivity index (χ1v) is 8.72. The highest BCUT2D eigenvalue weighted by atomic mass is 32.2. The molecular formula is C14H23N3O3S. The molecule has 7 heteroatoms. The summed E-state index contributed by atoms with van der Waals surface area (Å²) in [5.74, 6) is 0.0492. The second-order valence-corrected chi connectivity index (χ2v) is 7.27. The van der Waals surface area contributed by atoms with E-state index >= 15 is 0 Å². The fraction of sp³-hybridized carbons (Fsp3) is 0.643. The van der Waals surface area contributed by atoms with Crippen molar-refractivity contribution in [2.75, 3.05) is 26.2 Å². The minimum Gasteiger partial charge on any atom is -0.396 e. The average Bonchev–Trinajstić information content (AvgIpc) is 2.53. The SMILES string of the molecule is CCN(Cc1ccncc1)S(=O)(=O)N1CCCC(CO)C1. The van der Waals surface area contributed by atoms with Crippen molar-refractivity contribution in [2.24, 2.45) is 5.92 Å². The van der Waals surface area contributed by atoms with Gasteiger partial charge in [-0.2, -0.15) is 17.0 Å². The number of pyridine rings is 1. The zero-order valence-electron chi connectivity index (χ0n) is 12.4. The highest BCUT2D eigenvalue weighted by molar-refractivity contribution is 7.86. The summed E-state index contributed by atoms with van der Waals surface area (Å²) >= 11 is 0. The lowest BCUT2D eigenvalue weighted by Crippen LogP contribution is -2.48. The normalized spacial score (nSPS) is 20.8. The highest BCUT2D eigenvalue weighted by Gasteiger charge is 2.32. The summed E-state index contributed by atoms with van der Waals surface area (Å²) in [6, 6.07) is 3.65. The first kappa shape index (κ1) is 16.4. The maximum Gasteiger partial charge on any atom is 0.282 e. The summed E-state index contributed by atoms with van der Waals surface area (Å²) in [6.45, 7) is 3.60. The molecule has 0 spiro atoms. The second kappa shape index (κ2) is 7.31. The smallest absolute Gasteiger partial charge is 0.282 e. The lowest BCUT2D eigenvalue weighted by Gasteiger charge is -2.34. The molecule has 0 amide bonds. The molecule has 1 aliphatic rings. The van der Waals surface area contributed by atoms with E-state index in [-0.39, 0.29) is 12.5 Å². The Labute approximate surface area is 126 Å². The fourth-order valence-corrected chi connectivity index (χ4v) is 4.32. The van der Waals surface area contributed by atoms with Gasteiger partial charge in [-0.25, -0.2) is 0 Å². The van der Waals surface area contributed by atoms with Gasteiger partial charge in [-0.1, -0.05) is 6.92 Å². The average molecular weight is 313 g/mol. The molecule has 1 unspecified atom stereocenters. The molecule has 0 bridgehead atoms. The Morgan fingerprint density at radius 1 is 1.43 bits per heavy atom. The molecule has 0 aliphatic carbocycles. The molecule has 118 valence electrons. The van der Waals surface area contributed by atoms with Gasteiger partial charge in [0.05, 0.1) is 0 Å². The summed E-state index contributed by atoms with van der Waals surface area (Å²) in [7, 11) is -3.48. The van der Waals surface area contributed by atoms with Crippen LogP contribution in [0.4, 0.5) is 0 Å². The standard InChI is InChI=1S/C14H23N3O3S/c1-2-16(10-13-5-7-15-8-6-13)21(19,20)17-9-3-4-14(11-17)12-18/h5-8,14,18H,2-4,9-12H2,1H3. The summed E-state index contributed by atoms with van der Waals surface area (Å²) < 4.78 is 28.5. The minimum absolute atomic E-state index is 0.0441. The van der Waals surface area contributed by atoms with Crippen LogP contribution in [0.2, 0.25) is 0 Å². The van der Waals surface area contributed by atoms with Gasteiger partial charge >= 0.3 is 0 Å². The lowest BCUT2D eigenvalue weighted by atomic mass is 10.0. The quantitative estimate of drug-likeness (QED) is 0.845. The Hall–Kier alpha value is -1.02. The number of aromatic nitrogens is 1. The van der Waals surface area contributed by atoms with E-state index in [1.165, 1.54) is 8.61 Å². The number of nitrogens with zero attached hydrogens (tertiary/aromatic N) is 3. The van der Waals surface area contributed by atoms with Crippen molar-refractivity contribution in [2.45, 2.75) is 26.3 Å².